The Morgan fingerprint density at radius 2 is 1.71 bits per heavy atom. The summed E-state index contributed by atoms with van der Waals surface area (Å²) in [6.45, 7) is 20.0. The maximum absolute atomic E-state index is 12.4. The molecule has 0 amide bonds. The Labute approximate surface area is 398 Å². The number of carbonyl (C=O) groups is 1. The number of epoxide rings is 1. The lowest BCUT2D eigenvalue weighted by Crippen LogP contribution is -2.68. The summed E-state index contributed by atoms with van der Waals surface area (Å²) < 4.78 is 6.30. The van der Waals surface area contributed by atoms with E-state index in [0.717, 1.165) is 67.3 Å². The van der Waals surface area contributed by atoms with Gasteiger partial charge in [0, 0.05) is 83.9 Å². The van der Waals surface area contributed by atoms with Gasteiger partial charge in [-0.3, -0.25) is 30.6 Å². The van der Waals surface area contributed by atoms with E-state index < -0.39 is 47.4 Å². The minimum Gasteiger partial charge on any atom is -0.481 e. The number of benzene rings is 1. The quantitative estimate of drug-likeness (QED) is 0.0479. The molecule has 3 fully saturated rings. The van der Waals surface area contributed by atoms with Crippen molar-refractivity contribution in [3.05, 3.63) is 60.6 Å². The molecule has 3 aliphatic heterocycles. The lowest BCUT2D eigenvalue weighted by molar-refractivity contribution is -0.137. The fourth-order valence-electron chi connectivity index (χ4n) is 8.82. The van der Waals surface area contributed by atoms with Gasteiger partial charge in [0.25, 0.3) is 0 Å². The van der Waals surface area contributed by atoms with Crippen LogP contribution < -0.4 is 43.8 Å². The molecule has 1 aromatic carbocycles. The number of unbranched alkanes of at least 4 members (excludes halogenated alkanes) is 1. The van der Waals surface area contributed by atoms with E-state index in [4.69, 9.17) is 27.0 Å². The SMILES string of the molecule is C=C1CNC(C)(O)C(CCCCN=C(N)N)NC(=C)CCSSCC(C(C)N)NC(C)(O)C2CCCN2C(C)(C)C(Cc2c[nH]c3ccccc23)NC2OC2C(CC(=O)O)N1.CO.O.O.O. The third-order valence-electron chi connectivity index (χ3n) is 12.5. The maximum Gasteiger partial charge on any atom is 0.305 e. The number of carboxylic acid groups (broad SMARTS) is 1. The van der Waals surface area contributed by atoms with Gasteiger partial charge in [0.05, 0.1) is 24.5 Å². The number of fused-ring (bicyclic) bond motifs is 3. The van der Waals surface area contributed by atoms with Gasteiger partial charge in [0.15, 0.2) is 5.96 Å². The number of rotatable bonds is 10. The van der Waals surface area contributed by atoms with Crippen LogP contribution in [0.2, 0.25) is 0 Å². The third kappa shape index (κ3) is 17.4. The highest BCUT2D eigenvalue weighted by Gasteiger charge is 2.52. The molecule has 66 heavy (non-hydrogen) atoms. The molecule has 22 heteroatoms. The Hall–Kier alpha value is -3.20. The number of nitrogens with zero attached hydrogens (tertiary/aromatic N) is 2. The van der Waals surface area contributed by atoms with Crippen LogP contribution in [0.5, 0.6) is 0 Å². The molecule has 22 N–H and O–H groups in total. The average molecular weight is 974 g/mol. The zero-order chi connectivity index (χ0) is 46.5. The van der Waals surface area contributed by atoms with Gasteiger partial charge < -0.3 is 74.4 Å². The van der Waals surface area contributed by atoms with Crippen LogP contribution >= 0.6 is 21.6 Å². The van der Waals surface area contributed by atoms with Crippen LogP contribution in [0.25, 0.3) is 10.9 Å². The molecule has 10 unspecified atom stereocenters. The summed E-state index contributed by atoms with van der Waals surface area (Å²) in [5, 5.41) is 59.8. The number of aliphatic imine (C=N–C) groups is 1. The molecule has 3 aliphatic rings. The van der Waals surface area contributed by atoms with Crippen molar-refractivity contribution in [3.63, 3.8) is 0 Å². The van der Waals surface area contributed by atoms with Gasteiger partial charge in [-0.15, -0.1) is 0 Å². The zero-order valence-electron chi connectivity index (χ0n) is 39.7. The van der Waals surface area contributed by atoms with Gasteiger partial charge >= 0.3 is 5.97 Å². The predicted octanol–water partition coefficient (Wildman–Crippen LogP) is -0.270. The molecule has 0 saturated carbocycles. The first kappa shape index (κ1) is 60.8. The van der Waals surface area contributed by atoms with Crippen molar-refractivity contribution in [2.24, 2.45) is 22.2 Å². The number of aromatic amines is 1. The number of aliphatic carboxylic acids is 1. The fourth-order valence-corrected chi connectivity index (χ4v) is 11.2. The summed E-state index contributed by atoms with van der Waals surface area (Å²) in [5.74, 6) is 0.537. The van der Waals surface area contributed by atoms with Crippen molar-refractivity contribution in [2.75, 3.05) is 38.2 Å². The molecule has 3 saturated heterocycles. The number of nitrogens with one attached hydrogen (secondary N) is 6. The Kier molecular flexibility index (Phi) is 25.5. The Balaban J connectivity index is 0.00000430. The summed E-state index contributed by atoms with van der Waals surface area (Å²) in [5.41, 5.74) is 18.0. The predicted molar refractivity (Wildman–Crippen MR) is 269 cm³/mol. The number of H-pyrrole nitrogens is 1. The molecule has 0 aliphatic carbocycles. The fraction of sp³-hybridized carbons (Fsp3) is 0.682. The molecule has 10 atom stereocenters. The first-order valence-electron chi connectivity index (χ1n) is 22.1. The molecule has 380 valence electrons. The second-order valence-corrected chi connectivity index (χ2v) is 20.6. The number of aliphatic hydroxyl groups is 3. The van der Waals surface area contributed by atoms with Gasteiger partial charge in [0.2, 0.25) is 0 Å². The molecule has 0 radical (unpaired) electrons. The molecular weight excluding hydrogens is 891 g/mol. The summed E-state index contributed by atoms with van der Waals surface area (Å²) >= 11 is 0. The van der Waals surface area contributed by atoms with Crippen LogP contribution in [0.4, 0.5) is 0 Å². The Bertz CT molecular complexity index is 1820. The standard InChI is InChI=1S/C43H73N11O5S2.CH4O.3H2O/c1-26-17-20-60-61-25-33(28(3)44)53-43(7,58)36-16-12-19-54(36)41(4,5)35(21-29-24-48-31-14-9-8-13-30(29)31)52-39-38(59-39)32(22-37(55)56)50-27(2)23-49-42(6,57)34(51-26)15-10-11-18-47-40(45)46;1-2;;;/h8-9,13-14,24,28,32-36,38-39,48-53,57-58H,1-2,10-12,15-23,25,44H2,3-7H3,(H,55,56)(H4,45,46,47);2H,1H3;3*1H2. The van der Waals surface area contributed by atoms with Gasteiger partial charge in [-0.2, -0.15) is 0 Å². The third-order valence-corrected chi connectivity index (χ3v) is 14.9. The number of carboxylic acids is 1. The monoisotopic (exact) mass is 974 g/mol. The lowest BCUT2D eigenvalue weighted by atomic mass is 9.85. The minimum atomic E-state index is -1.40. The molecule has 0 bridgehead atoms. The Morgan fingerprint density at radius 3 is 2.38 bits per heavy atom. The van der Waals surface area contributed by atoms with Crippen LogP contribution in [0.15, 0.2) is 60.0 Å². The van der Waals surface area contributed by atoms with Gasteiger partial charge in [-0.05, 0) is 97.7 Å². The molecule has 0 spiro atoms. The second kappa shape index (κ2) is 27.7. The van der Waals surface area contributed by atoms with E-state index >= 15 is 0 Å². The summed E-state index contributed by atoms with van der Waals surface area (Å²) in [6.07, 6.45) is 6.06. The number of aromatic nitrogens is 1. The van der Waals surface area contributed by atoms with E-state index in [1.165, 1.54) is 0 Å². The van der Waals surface area contributed by atoms with E-state index in [2.05, 4.69) is 86.8 Å². The van der Waals surface area contributed by atoms with Gasteiger partial charge in [0.1, 0.15) is 23.8 Å². The van der Waals surface area contributed by atoms with E-state index in [0.29, 0.717) is 37.3 Å². The van der Waals surface area contributed by atoms with Crippen molar-refractivity contribution in [1.29, 1.82) is 0 Å². The first-order valence-corrected chi connectivity index (χ1v) is 24.6. The van der Waals surface area contributed by atoms with Crippen LogP contribution in [-0.2, 0) is 16.0 Å². The smallest absolute Gasteiger partial charge is 0.305 e. The molecule has 5 rings (SSSR count). The highest BCUT2D eigenvalue weighted by molar-refractivity contribution is 8.76. The summed E-state index contributed by atoms with van der Waals surface area (Å²) in [6, 6.07) is 6.45. The van der Waals surface area contributed by atoms with Crippen molar-refractivity contribution in [2.45, 2.75) is 152 Å². The van der Waals surface area contributed by atoms with E-state index in [9.17, 15) is 20.1 Å². The van der Waals surface area contributed by atoms with E-state index in [1.807, 2.05) is 26.0 Å². The maximum atomic E-state index is 12.4. The van der Waals surface area contributed by atoms with Crippen molar-refractivity contribution in [3.8, 4) is 0 Å². The normalized spacial score (nSPS) is 30.6. The molecular formula is C44H83N11O9S2. The number of hydrogen-bond acceptors (Lipinski definition) is 15. The first-order chi connectivity index (χ1) is 29.8. The van der Waals surface area contributed by atoms with Crippen LogP contribution in [-0.4, -0.2) is 162 Å². The zero-order valence-corrected chi connectivity index (χ0v) is 41.3. The van der Waals surface area contributed by atoms with E-state index in [1.54, 1.807) is 28.5 Å². The molecule has 4 heterocycles. The second-order valence-electron chi connectivity index (χ2n) is 18.0. The van der Waals surface area contributed by atoms with Gasteiger partial charge in [-0.25, -0.2) is 0 Å². The number of guanidine groups is 1. The molecule has 1 aromatic heterocycles. The van der Waals surface area contributed by atoms with E-state index in [-0.39, 0.29) is 59.5 Å². The largest absolute Gasteiger partial charge is 0.481 e. The van der Waals surface area contributed by atoms with Crippen molar-refractivity contribution in [1.82, 2.24) is 36.5 Å². The van der Waals surface area contributed by atoms with Crippen LogP contribution in [0.1, 0.15) is 85.1 Å². The number of aliphatic hydroxyl groups excluding tert-OH is 1. The van der Waals surface area contributed by atoms with Crippen molar-refractivity contribution < 1.29 is 46.4 Å². The molecule has 20 nitrogen and oxygen atoms in total. The average Bonchev–Trinajstić information content (AvgIpc) is 3.57. The van der Waals surface area contributed by atoms with Crippen LogP contribution in [0, 0.1) is 0 Å². The summed E-state index contributed by atoms with van der Waals surface area (Å²) in [4.78, 5) is 22.2. The molecule has 2 aromatic rings. The number of para-hydroxylation sites is 1. The van der Waals surface area contributed by atoms with Gasteiger partial charge in [-0.1, -0.05) is 52.9 Å². The van der Waals surface area contributed by atoms with Crippen LogP contribution in [0.3, 0.4) is 0 Å². The highest BCUT2D eigenvalue weighted by Crippen LogP contribution is 2.38. The lowest BCUT2D eigenvalue weighted by Gasteiger charge is -2.50. The summed E-state index contributed by atoms with van der Waals surface area (Å²) in [7, 11) is 4.44. The number of allylic oxidation sites excluding steroid dienone is 1. The Morgan fingerprint density at radius 1 is 1.02 bits per heavy atom. The number of nitrogens with two attached hydrogens (primary N) is 3. The number of hydrogen-bond donors (Lipinski definition) is 13. The topological polar surface area (TPSA) is 375 Å². The highest BCUT2D eigenvalue weighted by atomic mass is 33.1. The minimum absolute atomic E-state index is 0. The van der Waals surface area contributed by atoms with Crippen molar-refractivity contribution >= 4 is 44.4 Å². The number of ether oxygens (including phenoxy) is 1.